The van der Waals surface area contributed by atoms with Crippen LogP contribution in [0.1, 0.15) is 18.3 Å². The zero-order chi connectivity index (χ0) is 15.1. The van der Waals surface area contributed by atoms with Crippen molar-refractivity contribution in [3.8, 4) is 0 Å². The molecule has 2 aromatic rings. The van der Waals surface area contributed by atoms with E-state index in [4.69, 9.17) is 0 Å². The van der Waals surface area contributed by atoms with Gasteiger partial charge in [-0.05, 0) is 30.6 Å². The van der Waals surface area contributed by atoms with Gasteiger partial charge in [0.05, 0.1) is 0 Å². The smallest absolute Gasteiger partial charge is 0.243 e. The maximum absolute atomic E-state index is 12.4. The van der Waals surface area contributed by atoms with E-state index in [2.05, 4.69) is 21.7 Å². The molecule has 0 radical (unpaired) electrons. The van der Waals surface area contributed by atoms with E-state index in [1.54, 1.807) is 22.8 Å². The minimum atomic E-state index is -0.149. The van der Waals surface area contributed by atoms with Crippen LogP contribution in [-0.4, -0.2) is 43.8 Å². The van der Waals surface area contributed by atoms with Crippen molar-refractivity contribution in [1.29, 1.82) is 0 Å². The van der Waals surface area contributed by atoms with Crippen molar-refractivity contribution in [3.63, 3.8) is 0 Å². The summed E-state index contributed by atoms with van der Waals surface area (Å²) in [5.41, 5.74) is 0. The number of hydrogen-bond acceptors (Lipinski definition) is 4. The summed E-state index contributed by atoms with van der Waals surface area (Å²) in [6.45, 7) is 0.555. The number of carbonyl (C=O) groups is 1. The first-order valence-corrected chi connectivity index (χ1v) is 8.33. The Labute approximate surface area is 128 Å². The van der Waals surface area contributed by atoms with E-state index in [-0.39, 0.29) is 11.9 Å². The van der Waals surface area contributed by atoms with Crippen LogP contribution < -0.4 is 5.32 Å². The highest BCUT2D eigenvalue weighted by atomic mass is 32.2. The van der Waals surface area contributed by atoms with Gasteiger partial charge in [0.1, 0.15) is 12.4 Å². The summed E-state index contributed by atoms with van der Waals surface area (Å²) in [5, 5.41) is 7.18. The second kappa shape index (κ2) is 7.87. The van der Waals surface area contributed by atoms with E-state index >= 15 is 0 Å². The lowest BCUT2D eigenvalue weighted by Crippen LogP contribution is -2.34. The fraction of sp³-hybridized carbons (Fsp3) is 0.500. The summed E-state index contributed by atoms with van der Waals surface area (Å²) in [6, 6.07) is 3.73. The molecule has 114 valence electrons. The molecule has 0 aliphatic carbocycles. The molecule has 0 fully saturated rings. The van der Waals surface area contributed by atoms with Crippen molar-refractivity contribution in [2.24, 2.45) is 7.05 Å². The molecule has 7 heteroatoms. The highest BCUT2D eigenvalue weighted by molar-refractivity contribution is 7.98. The van der Waals surface area contributed by atoms with E-state index < -0.39 is 0 Å². The van der Waals surface area contributed by atoms with Crippen LogP contribution in [0.25, 0.3) is 0 Å². The minimum Gasteiger partial charge on any atom is -0.354 e. The van der Waals surface area contributed by atoms with Gasteiger partial charge < -0.3 is 9.88 Å². The van der Waals surface area contributed by atoms with Gasteiger partial charge in [0, 0.05) is 32.4 Å². The number of hydrogen-bond donors (Lipinski definition) is 1. The molecule has 2 heterocycles. The Bertz CT molecular complexity index is 551. The van der Waals surface area contributed by atoms with E-state index in [1.165, 1.54) is 0 Å². The molecule has 0 saturated heterocycles. The molecule has 2 aromatic heterocycles. The van der Waals surface area contributed by atoms with Crippen molar-refractivity contribution in [2.45, 2.75) is 18.9 Å². The zero-order valence-corrected chi connectivity index (χ0v) is 13.2. The lowest BCUT2D eigenvalue weighted by atomic mass is 10.2. The van der Waals surface area contributed by atoms with Gasteiger partial charge in [-0.1, -0.05) is 0 Å². The predicted molar refractivity (Wildman–Crippen MR) is 84.2 cm³/mol. The van der Waals surface area contributed by atoms with Gasteiger partial charge in [-0.25, -0.2) is 4.98 Å². The zero-order valence-electron chi connectivity index (χ0n) is 12.4. The molecule has 2 rings (SSSR count). The molecule has 0 bridgehead atoms. The van der Waals surface area contributed by atoms with Crippen molar-refractivity contribution in [2.75, 3.05) is 18.6 Å². The SMILES string of the molecule is CSCCC(C(=O)NCCc1ncn(C)n1)n1cccc1. The van der Waals surface area contributed by atoms with Crippen LogP contribution in [0.5, 0.6) is 0 Å². The fourth-order valence-electron chi connectivity index (χ4n) is 2.11. The van der Waals surface area contributed by atoms with Crippen molar-refractivity contribution >= 4 is 17.7 Å². The Hall–Kier alpha value is -1.76. The van der Waals surface area contributed by atoms with Gasteiger partial charge in [0.15, 0.2) is 5.82 Å². The fourth-order valence-corrected chi connectivity index (χ4v) is 2.57. The number of aromatic nitrogens is 4. The van der Waals surface area contributed by atoms with Crippen LogP contribution >= 0.6 is 11.8 Å². The Morgan fingerprint density at radius 2 is 2.19 bits per heavy atom. The van der Waals surface area contributed by atoms with Gasteiger partial charge in [-0.15, -0.1) is 0 Å². The minimum absolute atomic E-state index is 0.0520. The van der Waals surface area contributed by atoms with Gasteiger partial charge in [0.2, 0.25) is 5.91 Å². The molecule has 1 unspecified atom stereocenters. The third kappa shape index (κ3) is 4.63. The number of carbonyl (C=O) groups excluding carboxylic acids is 1. The third-order valence-corrected chi connectivity index (χ3v) is 3.82. The molecule has 21 heavy (non-hydrogen) atoms. The average Bonchev–Trinajstić information content (AvgIpc) is 3.11. The summed E-state index contributed by atoms with van der Waals surface area (Å²) in [5.74, 6) is 1.76. The largest absolute Gasteiger partial charge is 0.354 e. The Morgan fingerprint density at radius 1 is 1.43 bits per heavy atom. The molecule has 1 amide bonds. The lowest BCUT2D eigenvalue weighted by Gasteiger charge is -2.18. The Balaban J connectivity index is 1.86. The summed E-state index contributed by atoms with van der Waals surface area (Å²) < 4.78 is 3.63. The topological polar surface area (TPSA) is 64.7 Å². The third-order valence-electron chi connectivity index (χ3n) is 3.18. The van der Waals surface area contributed by atoms with Gasteiger partial charge in [0.25, 0.3) is 0 Å². The van der Waals surface area contributed by atoms with Crippen molar-refractivity contribution in [1.82, 2.24) is 24.6 Å². The molecule has 0 saturated carbocycles. The van der Waals surface area contributed by atoms with E-state index in [1.807, 2.05) is 36.1 Å². The molecule has 0 aromatic carbocycles. The number of nitrogens with one attached hydrogen (secondary N) is 1. The van der Waals surface area contributed by atoms with Crippen LogP contribution in [0.15, 0.2) is 30.9 Å². The second-order valence-electron chi connectivity index (χ2n) is 4.80. The van der Waals surface area contributed by atoms with Crippen LogP contribution in [0, 0.1) is 0 Å². The standard InChI is InChI=1S/C14H21N5OS/c1-18-11-16-13(17-18)5-7-15-14(20)12(6-10-21-2)19-8-3-4-9-19/h3-4,8-9,11-12H,5-7,10H2,1-2H3,(H,15,20). The van der Waals surface area contributed by atoms with Crippen LogP contribution in [0.3, 0.4) is 0 Å². The number of rotatable bonds is 8. The van der Waals surface area contributed by atoms with Gasteiger partial charge in [-0.3, -0.25) is 9.48 Å². The normalized spacial score (nSPS) is 12.3. The summed E-state index contributed by atoms with van der Waals surface area (Å²) in [7, 11) is 1.83. The maximum Gasteiger partial charge on any atom is 0.243 e. The Kier molecular flexibility index (Phi) is 5.86. The van der Waals surface area contributed by atoms with Gasteiger partial charge in [-0.2, -0.15) is 16.9 Å². The number of aryl methyl sites for hydroxylation is 1. The Morgan fingerprint density at radius 3 is 2.81 bits per heavy atom. The van der Waals surface area contributed by atoms with E-state index in [9.17, 15) is 4.79 Å². The first-order chi connectivity index (χ1) is 10.2. The van der Waals surface area contributed by atoms with Crippen LogP contribution in [0.2, 0.25) is 0 Å². The predicted octanol–water partition coefficient (Wildman–Crippen LogP) is 1.27. The van der Waals surface area contributed by atoms with Gasteiger partial charge >= 0.3 is 0 Å². The molecule has 0 aliphatic rings. The number of nitrogens with zero attached hydrogens (tertiary/aromatic N) is 4. The molecular formula is C14H21N5OS. The molecule has 6 nitrogen and oxygen atoms in total. The second-order valence-corrected chi connectivity index (χ2v) is 5.79. The van der Waals surface area contributed by atoms with Crippen molar-refractivity contribution < 1.29 is 4.79 Å². The van der Waals surface area contributed by atoms with Crippen molar-refractivity contribution in [3.05, 3.63) is 36.7 Å². The van der Waals surface area contributed by atoms with Crippen LogP contribution in [-0.2, 0) is 18.3 Å². The highest BCUT2D eigenvalue weighted by Gasteiger charge is 2.18. The number of amides is 1. The molecule has 1 N–H and O–H groups in total. The van der Waals surface area contributed by atoms with E-state index in [0.29, 0.717) is 13.0 Å². The highest BCUT2D eigenvalue weighted by Crippen LogP contribution is 2.15. The summed E-state index contributed by atoms with van der Waals surface area (Å²) in [6.07, 6.45) is 9.06. The average molecular weight is 307 g/mol. The molecule has 1 atom stereocenters. The lowest BCUT2D eigenvalue weighted by molar-refractivity contribution is -0.124. The molecular weight excluding hydrogens is 286 g/mol. The van der Waals surface area contributed by atoms with E-state index in [0.717, 1.165) is 18.0 Å². The molecule has 0 spiro atoms. The number of thioether (sulfide) groups is 1. The summed E-state index contributed by atoms with van der Waals surface area (Å²) in [4.78, 5) is 16.5. The first-order valence-electron chi connectivity index (χ1n) is 6.94. The quantitative estimate of drug-likeness (QED) is 0.797. The first kappa shape index (κ1) is 15.6. The molecule has 0 aliphatic heterocycles. The van der Waals surface area contributed by atoms with Crippen LogP contribution in [0.4, 0.5) is 0 Å². The maximum atomic E-state index is 12.4. The monoisotopic (exact) mass is 307 g/mol. The summed E-state index contributed by atoms with van der Waals surface area (Å²) >= 11 is 1.75.